The third-order valence-electron chi connectivity index (χ3n) is 13.1. The number of nitrogens with one attached hydrogen (secondary N) is 2. The summed E-state index contributed by atoms with van der Waals surface area (Å²) in [5.74, 6) is -5.60. The highest BCUT2D eigenvalue weighted by Gasteiger charge is 2.57. The Morgan fingerprint density at radius 1 is 0.709 bits per heavy atom. The molecular weight excluding hydrogens is 1080 g/mol. The number of allylic oxidation sites excluding steroid dienone is 1. The van der Waals surface area contributed by atoms with Crippen molar-refractivity contribution < 1.29 is 59.3 Å². The molecule has 0 bridgehead atoms. The molecule has 1 saturated heterocycles. The number of ether oxygens (including phenoxy) is 2. The predicted molar refractivity (Wildman–Crippen MR) is 288 cm³/mol. The van der Waals surface area contributed by atoms with Crippen molar-refractivity contribution in [3.8, 4) is 0 Å². The Hall–Kier alpha value is -8.33. The monoisotopic (exact) mass is 1130 g/mol. The fourth-order valence-electron chi connectivity index (χ4n) is 9.34. The van der Waals surface area contributed by atoms with Crippen LogP contribution in [0.25, 0.3) is 0 Å². The van der Waals surface area contributed by atoms with Crippen LogP contribution in [0.5, 0.6) is 0 Å². The standard InChI is InChI=1S/C58H49ClF3N5O10S2/c1-55(2,3)53(71)75-36-74-52(70)48-44(76-79(72,73)58(60,61)62)35-34-43-45(51(69)67(43)48)63-50(68)47(66-77-57(40-28-16-7-17-29-40,41-30-18-8-19-31-41)42-32-20-9-21-33-42)46-49(59)78-54(64-46)65-56(37-22-10-4-11-23-37,38-24-12-5-13-25-38)39-26-14-6-15-27-39/h4-33,43,45H,34-36H2,1-3H3,(H,63,68)(H,64,65)/b66-47-/t43-,45+/m1/s1. The van der Waals surface area contributed by atoms with Crippen LogP contribution in [0.3, 0.4) is 0 Å². The van der Waals surface area contributed by atoms with Gasteiger partial charge in [-0.3, -0.25) is 19.3 Å². The molecule has 9 rings (SSSR count). The summed E-state index contributed by atoms with van der Waals surface area (Å²) in [5, 5.41) is 11.2. The maximum Gasteiger partial charge on any atom is 0.534 e. The summed E-state index contributed by atoms with van der Waals surface area (Å²) in [4.78, 5) is 68.2. The highest BCUT2D eigenvalue weighted by molar-refractivity contribution is 7.87. The molecular formula is C58H49ClF3N5O10S2. The number of alkyl halides is 3. The summed E-state index contributed by atoms with van der Waals surface area (Å²) < 4.78 is 80.2. The Labute approximate surface area is 461 Å². The van der Waals surface area contributed by atoms with Gasteiger partial charge in [0.25, 0.3) is 11.8 Å². The quantitative estimate of drug-likeness (QED) is 0.0121. The first-order valence-electron chi connectivity index (χ1n) is 24.5. The van der Waals surface area contributed by atoms with Crippen LogP contribution in [0.1, 0.15) is 72.7 Å². The summed E-state index contributed by atoms with van der Waals surface area (Å²) >= 11 is 8.20. The average molecular weight is 1130 g/mol. The minimum atomic E-state index is -6.38. The molecule has 2 atom stereocenters. The molecule has 21 heteroatoms. The third-order valence-corrected chi connectivity index (χ3v) is 15.3. The number of benzene rings is 6. The Balaban J connectivity index is 1.15. The van der Waals surface area contributed by atoms with Crippen LogP contribution in [-0.2, 0) is 58.9 Å². The summed E-state index contributed by atoms with van der Waals surface area (Å²) in [6.45, 7) is 3.46. The van der Waals surface area contributed by atoms with Crippen LogP contribution in [0.15, 0.2) is 199 Å². The number of anilines is 1. The number of aromatic nitrogens is 1. The van der Waals surface area contributed by atoms with Gasteiger partial charge in [0.05, 0.1) is 11.5 Å². The van der Waals surface area contributed by atoms with Crippen LogP contribution >= 0.6 is 22.9 Å². The van der Waals surface area contributed by atoms with E-state index >= 15 is 4.79 Å². The molecule has 15 nitrogen and oxygen atoms in total. The van der Waals surface area contributed by atoms with Gasteiger partial charge in [0.2, 0.25) is 12.4 Å². The molecule has 0 saturated carbocycles. The lowest BCUT2D eigenvalue weighted by Gasteiger charge is -2.49. The Morgan fingerprint density at radius 2 is 1.15 bits per heavy atom. The van der Waals surface area contributed by atoms with Gasteiger partial charge in [-0.2, -0.15) is 21.6 Å². The predicted octanol–water partition coefficient (Wildman–Crippen LogP) is 10.6. The van der Waals surface area contributed by atoms with E-state index in [-0.39, 0.29) is 21.6 Å². The van der Waals surface area contributed by atoms with Gasteiger partial charge in [0.1, 0.15) is 21.6 Å². The second kappa shape index (κ2) is 22.6. The van der Waals surface area contributed by atoms with E-state index in [1.54, 1.807) is 0 Å². The van der Waals surface area contributed by atoms with E-state index in [1.807, 2.05) is 182 Å². The van der Waals surface area contributed by atoms with Gasteiger partial charge in [0, 0.05) is 23.1 Å². The van der Waals surface area contributed by atoms with Crippen molar-refractivity contribution in [2.45, 2.75) is 62.3 Å². The van der Waals surface area contributed by atoms with E-state index in [2.05, 4.69) is 20.0 Å². The number of amides is 2. The largest absolute Gasteiger partial charge is 0.534 e. The Bertz CT molecular complexity index is 3340. The molecule has 79 heavy (non-hydrogen) atoms. The second-order valence-corrected chi connectivity index (χ2v) is 22.3. The van der Waals surface area contributed by atoms with Gasteiger partial charge < -0.3 is 29.1 Å². The van der Waals surface area contributed by atoms with Crippen molar-refractivity contribution in [3.63, 3.8) is 0 Å². The Morgan fingerprint density at radius 3 is 1.58 bits per heavy atom. The summed E-state index contributed by atoms with van der Waals surface area (Å²) in [7, 11) is -6.38. The number of hydrogen-bond donors (Lipinski definition) is 2. The van der Waals surface area contributed by atoms with E-state index in [0.29, 0.717) is 21.6 Å². The fraction of sp³-hybridized carbons (Fsp3) is 0.207. The minimum absolute atomic E-state index is 0.0418. The first kappa shape index (κ1) is 55.4. The van der Waals surface area contributed by atoms with E-state index in [9.17, 15) is 36.0 Å². The fourth-order valence-corrected chi connectivity index (χ4v) is 11.0. The van der Waals surface area contributed by atoms with Crippen LogP contribution < -0.4 is 10.6 Å². The van der Waals surface area contributed by atoms with Crippen LogP contribution in [0.4, 0.5) is 18.3 Å². The maximum absolute atomic E-state index is 15.3. The summed E-state index contributed by atoms with van der Waals surface area (Å²) in [6, 6.07) is 53.5. The SMILES string of the molecule is CC(C)(C)C(=O)OCOC(=O)C1=C(OS(=O)(=O)C(F)(F)F)CC[C@@H]2[C@H](NC(=O)/C(=N\OC(c3ccccc3)(c3ccccc3)c3ccccc3)c3nc(NC(c4ccccc4)(c4ccccc4)c4ccccc4)sc3Cl)C(=O)N12. The zero-order valence-electron chi connectivity index (χ0n) is 42.3. The lowest BCUT2D eigenvalue weighted by Crippen LogP contribution is -2.72. The van der Waals surface area contributed by atoms with Gasteiger partial charge >= 0.3 is 27.6 Å². The molecule has 1 fully saturated rings. The molecule has 6 aromatic carbocycles. The van der Waals surface area contributed by atoms with Gasteiger partial charge in [-0.25, -0.2) is 9.78 Å². The van der Waals surface area contributed by atoms with Crippen molar-refractivity contribution in [2.24, 2.45) is 10.6 Å². The molecule has 0 spiro atoms. The van der Waals surface area contributed by atoms with Crippen molar-refractivity contribution in [1.29, 1.82) is 0 Å². The number of carbonyl (C=O) groups excluding carboxylic acids is 4. The number of nitrogens with zero attached hydrogens (tertiary/aromatic N) is 3. The van der Waals surface area contributed by atoms with Gasteiger partial charge in [0.15, 0.2) is 22.3 Å². The normalized spacial score (nSPS) is 16.0. The number of oxime groups is 1. The molecule has 0 radical (unpaired) electrons. The third kappa shape index (κ3) is 11.1. The molecule has 0 aliphatic carbocycles. The number of thiazole rings is 1. The zero-order chi connectivity index (χ0) is 56.2. The molecule has 2 aliphatic rings. The molecule has 406 valence electrons. The second-order valence-electron chi connectivity index (χ2n) is 19.2. The van der Waals surface area contributed by atoms with E-state index in [4.69, 9.17) is 30.9 Å². The molecule has 2 aliphatic heterocycles. The molecule has 7 aromatic rings. The number of carbonyl (C=O) groups is 4. The Kier molecular flexibility index (Phi) is 15.8. The van der Waals surface area contributed by atoms with Crippen LogP contribution in [-0.4, -0.2) is 72.2 Å². The van der Waals surface area contributed by atoms with Crippen LogP contribution in [0, 0.1) is 5.41 Å². The zero-order valence-corrected chi connectivity index (χ0v) is 44.7. The molecule has 3 heterocycles. The smallest absolute Gasteiger partial charge is 0.427 e. The minimum Gasteiger partial charge on any atom is -0.427 e. The molecule has 2 N–H and O–H groups in total. The first-order valence-corrected chi connectivity index (χ1v) is 27.1. The average Bonchev–Trinajstić information content (AvgIpc) is 4.00. The number of hydrogen-bond acceptors (Lipinski definition) is 14. The maximum atomic E-state index is 15.3. The number of esters is 2. The lowest BCUT2D eigenvalue weighted by atomic mass is 9.77. The highest BCUT2D eigenvalue weighted by atomic mass is 35.5. The molecule has 0 unspecified atom stereocenters. The molecule has 2 amide bonds. The number of β-lactam (4-membered cyclic amide) rings is 1. The molecule has 1 aromatic heterocycles. The topological polar surface area (TPSA) is 192 Å². The van der Waals surface area contributed by atoms with E-state index in [1.165, 1.54) is 20.8 Å². The highest BCUT2D eigenvalue weighted by Crippen LogP contribution is 2.45. The first-order chi connectivity index (χ1) is 37.8. The van der Waals surface area contributed by atoms with E-state index < -0.39 is 98.4 Å². The van der Waals surface area contributed by atoms with Crippen molar-refractivity contribution >= 4 is 67.7 Å². The van der Waals surface area contributed by atoms with Gasteiger partial charge in [-0.15, -0.1) is 0 Å². The summed E-state index contributed by atoms with van der Waals surface area (Å²) in [6.07, 6.45) is -0.998. The number of halogens is 4. The number of rotatable bonds is 18. The van der Waals surface area contributed by atoms with Crippen molar-refractivity contribution in [2.75, 3.05) is 12.1 Å². The van der Waals surface area contributed by atoms with E-state index in [0.717, 1.165) is 28.0 Å². The van der Waals surface area contributed by atoms with Gasteiger partial charge in [-0.1, -0.05) is 210 Å². The summed E-state index contributed by atoms with van der Waals surface area (Å²) in [5.41, 5.74) is -7.16. The van der Waals surface area contributed by atoms with Gasteiger partial charge in [-0.05, 0) is 43.9 Å². The van der Waals surface area contributed by atoms with Crippen molar-refractivity contribution in [1.82, 2.24) is 15.2 Å². The lowest BCUT2D eigenvalue weighted by molar-refractivity contribution is -0.174. The van der Waals surface area contributed by atoms with Crippen LogP contribution in [0.2, 0.25) is 4.34 Å². The van der Waals surface area contributed by atoms with Crippen molar-refractivity contribution in [3.05, 3.63) is 237 Å². The number of fused-ring (bicyclic) bond motifs is 1.